The zero-order valence-corrected chi connectivity index (χ0v) is 18.7. The fourth-order valence-corrected chi connectivity index (χ4v) is 3.71. The van der Waals surface area contributed by atoms with Gasteiger partial charge < -0.3 is 19.2 Å². The number of benzene rings is 2. The predicted octanol–water partition coefficient (Wildman–Crippen LogP) is 5.21. The summed E-state index contributed by atoms with van der Waals surface area (Å²) in [5, 5.41) is 2.63. The molecule has 1 aliphatic rings. The average molecular weight is 475 g/mol. The van der Waals surface area contributed by atoms with Crippen LogP contribution in [0.5, 0.6) is 5.75 Å². The predicted molar refractivity (Wildman–Crippen MR) is 119 cm³/mol. The Hall–Kier alpha value is -3.53. The minimum atomic E-state index is -4.88. The van der Waals surface area contributed by atoms with Crippen molar-refractivity contribution in [3.63, 3.8) is 0 Å². The summed E-state index contributed by atoms with van der Waals surface area (Å²) in [7, 11) is 0. The normalized spacial score (nSPS) is 13.9. The van der Waals surface area contributed by atoms with Gasteiger partial charge in [-0.3, -0.25) is 4.90 Å². The van der Waals surface area contributed by atoms with E-state index < -0.39 is 18.1 Å². The summed E-state index contributed by atoms with van der Waals surface area (Å²) >= 11 is 0. The van der Waals surface area contributed by atoms with Crippen molar-refractivity contribution in [3.8, 4) is 17.1 Å². The second-order valence-electron chi connectivity index (χ2n) is 7.84. The Labute approximate surface area is 194 Å². The Kier molecular flexibility index (Phi) is 6.78. The topological polar surface area (TPSA) is 76.8 Å². The number of oxazole rings is 1. The number of rotatable bonds is 8. The van der Waals surface area contributed by atoms with E-state index in [1.165, 1.54) is 23.2 Å². The minimum Gasteiger partial charge on any atom is -0.440 e. The zero-order valence-electron chi connectivity index (χ0n) is 18.7. The van der Waals surface area contributed by atoms with E-state index in [1.54, 1.807) is 6.07 Å². The van der Waals surface area contributed by atoms with Gasteiger partial charge in [0.25, 0.3) is 0 Å². The summed E-state index contributed by atoms with van der Waals surface area (Å²) in [5.41, 5.74) is 3.68. The first kappa shape index (κ1) is 23.6. The maximum absolute atomic E-state index is 12.9. The largest absolute Gasteiger partial charge is 0.573 e. The van der Waals surface area contributed by atoms with Crippen LogP contribution in [0, 0.1) is 6.92 Å². The van der Waals surface area contributed by atoms with E-state index in [1.807, 2.05) is 32.0 Å². The molecule has 1 saturated heterocycles. The van der Waals surface area contributed by atoms with Gasteiger partial charge in [0.05, 0.1) is 12.8 Å². The lowest BCUT2D eigenvalue weighted by Crippen LogP contribution is -2.27. The van der Waals surface area contributed by atoms with Crippen molar-refractivity contribution in [3.05, 3.63) is 65.2 Å². The van der Waals surface area contributed by atoms with Crippen molar-refractivity contribution in [2.24, 2.45) is 0 Å². The Bertz CT molecular complexity index is 1180. The molecule has 10 heteroatoms. The van der Waals surface area contributed by atoms with Crippen LogP contribution in [-0.2, 0) is 17.8 Å². The van der Waals surface area contributed by atoms with Crippen LogP contribution in [-0.4, -0.2) is 37.1 Å². The number of aromatic nitrogens is 1. The molecular weight excluding hydrogens is 451 g/mol. The van der Waals surface area contributed by atoms with Gasteiger partial charge in [0.15, 0.2) is 11.7 Å². The van der Waals surface area contributed by atoms with Crippen LogP contribution in [0.3, 0.4) is 0 Å². The number of nitrogens with one attached hydrogen (secondary N) is 1. The minimum absolute atomic E-state index is 0.268. The number of halogens is 3. The third-order valence-electron chi connectivity index (χ3n) is 5.36. The van der Waals surface area contributed by atoms with Gasteiger partial charge in [-0.25, -0.2) is 9.78 Å². The van der Waals surface area contributed by atoms with Gasteiger partial charge in [-0.1, -0.05) is 18.2 Å². The molecule has 1 N–H and O–H groups in total. The smallest absolute Gasteiger partial charge is 0.440 e. The van der Waals surface area contributed by atoms with Crippen LogP contribution < -0.4 is 15.0 Å². The molecule has 2 amide bonds. The molecule has 4 rings (SSSR count). The highest BCUT2D eigenvalue weighted by Crippen LogP contribution is 2.34. The lowest BCUT2D eigenvalue weighted by atomic mass is 10.0. The summed E-state index contributed by atoms with van der Waals surface area (Å²) in [6.07, 6.45) is -3.01. The second-order valence-corrected chi connectivity index (χ2v) is 7.84. The number of alkyl halides is 3. The maximum Gasteiger partial charge on any atom is 0.573 e. The molecule has 0 aliphatic carbocycles. The van der Waals surface area contributed by atoms with Crippen molar-refractivity contribution in [2.45, 2.75) is 33.2 Å². The number of aryl methyl sites for hydroxylation is 1. The molecule has 0 radical (unpaired) electrons. The van der Waals surface area contributed by atoms with Crippen LogP contribution >= 0.6 is 0 Å². The van der Waals surface area contributed by atoms with Crippen molar-refractivity contribution in [2.75, 3.05) is 24.6 Å². The van der Waals surface area contributed by atoms with E-state index in [2.05, 4.69) is 15.0 Å². The van der Waals surface area contributed by atoms with Gasteiger partial charge in [-0.05, 0) is 42.7 Å². The number of anilines is 1. The van der Waals surface area contributed by atoms with Crippen molar-refractivity contribution in [1.82, 2.24) is 10.3 Å². The van der Waals surface area contributed by atoms with E-state index in [4.69, 9.17) is 9.15 Å². The molecule has 3 aromatic rings. The van der Waals surface area contributed by atoms with Crippen molar-refractivity contribution in [1.29, 1.82) is 0 Å². The number of nitrogens with zero attached hydrogens (tertiary/aromatic N) is 2. The summed E-state index contributed by atoms with van der Waals surface area (Å²) in [6.45, 7) is 5.75. The fourth-order valence-electron chi connectivity index (χ4n) is 3.71. The first-order valence-corrected chi connectivity index (χ1v) is 10.8. The van der Waals surface area contributed by atoms with Crippen LogP contribution in [0.4, 0.5) is 23.7 Å². The van der Waals surface area contributed by atoms with Gasteiger partial charge in [-0.2, -0.15) is 0 Å². The maximum atomic E-state index is 12.9. The molecule has 0 spiro atoms. The number of hydrogen-bond acceptors (Lipinski definition) is 5. The van der Waals surface area contributed by atoms with Crippen molar-refractivity contribution < 1.29 is 31.9 Å². The molecule has 0 saturated carbocycles. The van der Waals surface area contributed by atoms with E-state index >= 15 is 0 Å². The second kappa shape index (κ2) is 9.76. The highest BCUT2D eigenvalue weighted by atomic mass is 19.4. The number of hydrogen-bond donors (Lipinski definition) is 1. The molecule has 2 heterocycles. The molecule has 1 aromatic heterocycles. The SMILES string of the molecule is CCOCc1ccc(C)c(Cc2ncc(-c3cc(OC(F)(F)F)cc(N4CCNC4=O)c3)o2)c1. The van der Waals surface area contributed by atoms with E-state index in [0.717, 1.165) is 16.7 Å². The molecule has 0 atom stereocenters. The van der Waals surface area contributed by atoms with Gasteiger partial charge in [-0.15, -0.1) is 13.2 Å². The van der Waals surface area contributed by atoms with Crippen LogP contribution in [0.25, 0.3) is 11.3 Å². The lowest BCUT2D eigenvalue weighted by Gasteiger charge is -2.17. The average Bonchev–Trinajstić information content (AvgIpc) is 3.42. The summed E-state index contributed by atoms with van der Waals surface area (Å²) < 4.78 is 54.2. The van der Waals surface area contributed by atoms with E-state index in [0.29, 0.717) is 44.2 Å². The summed E-state index contributed by atoms with van der Waals surface area (Å²) in [6, 6.07) is 9.59. The summed E-state index contributed by atoms with van der Waals surface area (Å²) in [4.78, 5) is 17.7. The highest BCUT2D eigenvalue weighted by molar-refractivity contribution is 5.95. The van der Waals surface area contributed by atoms with Crippen molar-refractivity contribution >= 4 is 11.7 Å². The lowest BCUT2D eigenvalue weighted by molar-refractivity contribution is -0.274. The third-order valence-corrected chi connectivity index (χ3v) is 5.36. The molecule has 0 unspecified atom stereocenters. The number of carbonyl (C=O) groups excluding carboxylic acids is 1. The fraction of sp³-hybridized carbons (Fsp3) is 0.333. The van der Waals surface area contributed by atoms with Gasteiger partial charge in [0.2, 0.25) is 0 Å². The molecule has 34 heavy (non-hydrogen) atoms. The Morgan fingerprint density at radius 1 is 1.21 bits per heavy atom. The molecule has 180 valence electrons. The molecule has 1 fully saturated rings. The highest BCUT2D eigenvalue weighted by Gasteiger charge is 2.32. The Balaban J connectivity index is 1.62. The Morgan fingerprint density at radius 2 is 2.03 bits per heavy atom. The molecule has 2 aromatic carbocycles. The van der Waals surface area contributed by atoms with E-state index in [-0.39, 0.29) is 11.4 Å². The first-order valence-electron chi connectivity index (χ1n) is 10.8. The number of amides is 2. The van der Waals surface area contributed by atoms with Crippen LogP contribution in [0.15, 0.2) is 47.0 Å². The molecular formula is C24H24F3N3O4. The summed E-state index contributed by atoms with van der Waals surface area (Å²) in [5.74, 6) is 0.234. The quantitative estimate of drug-likeness (QED) is 0.484. The Morgan fingerprint density at radius 3 is 2.74 bits per heavy atom. The van der Waals surface area contributed by atoms with Crippen LogP contribution in [0.2, 0.25) is 0 Å². The van der Waals surface area contributed by atoms with Crippen LogP contribution in [0.1, 0.15) is 29.5 Å². The monoisotopic (exact) mass is 475 g/mol. The molecule has 0 bridgehead atoms. The van der Waals surface area contributed by atoms with Gasteiger partial charge >= 0.3 is 12.4 Å². The first-order chi connectivity index (χ1) is 16.2. The standard InChI is InChI=1S/C24H24F3N3O4/c1-3-32-14-16-5-4-15(2)17(8-16)11-22-29-13-21(33-22)18-9-19(30-7-6-28-23(30)31)12-20(10-18)34-24(25,26)27/h4-5,8-10,12-13H,3,6-7,11,14H2,1-2H3,(H,28,31). The van der Waals surface area contributed by atoms with Gasteiger partial charge in [0.1, 0.15) is 5.75 Å². The molecule has 7 nitrogen and oxygen atoms in total. The van der Waals surface area contributed by atoms with Gasteiger partial charge in [0, 0.05) is 43.4 Å². The number of ether oxygens (including phenoxy) is 2. The molecule has 1 aliphatic heterocycles. The zero-order chi connectivity index (χ0) is 24.3. The van der Waals surface area contributed by atoms with E-state index in [9.17, 15) is 18.0 Å². The number of carbonyl (C=O) groups is 1. The number of urea groups is 1. The third kappa shape index (κ3) is 5.69.